The number of para-hydroxylation sites is 1. The molecule has 1 aliphatic rings. The molecule has 6 N–H and O–H groups in total. The second kappa shape index (κ2) is 15.9. The predicted molar refractivity (Wildman–Crippen MR) is 148 cm³/mol. The third-order valence-electron chi connectivity index (χ3n) is 6.41. The number of primary amides is 1. The molecule has 0 radical (unpaired) electrons. The summed E-state index contributed by atoms with van der Waals surface area (Å²) in [5.74, 6) is -2.10. The standard InChI is InChI=1S/C29H37N5O6/c30-25(35)15-13-22-28(38)32-18-7-19-40-24-12-5-4-11-21(24)27(37)34-23(14-16-26(36)33-22)29(39)31-17-6-10-20-8-2-1-3-9-20/h1-5,8-9,11-12,22-23H,6-7,10,13-19H2,(H2,30,35)(H,31,39)(H,32,38)(H,33,36)(H,34,37)/t22-,23-/m0/s1. The summed E-state index contributed by atoms with van der Waals surface area (Å²) >= 11 is 0. The summed E-state index contributed by atoms with van der Waals surface area (Å²) in [5, 5.41) is 11.0. The maximum atomic E-state index is 13.2. The number of fused-ring (bicyclic) bond motifs is 1. The Balaban J connectivity index is 1.72. The molecule has 40 heavy (non-hydrogen) atoms. The Kier molecular flexibility index (Phi) is 12.0. The minimum absolute atomic E-state index is 0.00469. The fourth-order valence-electron chi connectivity index (χ4n) is 4.24. The van der Waals surface area contributed by atoms with Crippen LogP contribution in [0.4, 0.5) is 0 Å². The molecule has 214 valence electrons. The molecule has 5 amide bonds. The minimum atomic E-state index is -1.01. The topological polar surface area (TPSA) is 169 Å². The van der Waals surface area contributed by atoms with Gasteiger partial charge in [0.15, 0.2) is 0 Å². The van der Waals surface area contributed by atoms with Crippen molar-refractivity contribution in [3.63, 3.8) is 0 Å². The molecule has 0 fully saturated rings. The first-order valence-corrected chi connectivity index (χ1v) is 13.5. The van der Waals surface area contributed by atoms with Gasteiger partial charge in [0.25, 0.3) is 5.91 Å². The summed E-state index contributed by atoms with van der Waals surface area (Å²) in [6.07, 6.45) is 1.73. The van der Waals surface area contributed by atoms with E-state index in [1.165, 1.54) is 0 Å². The number of nitrogens with one attached hydrogen (secondary N) is 4. The number of aryl methyl sites for hydroxylation is 1. The third kappa shape index (κ3) is 10.0. The summed E-state index contributed by atoms with van der Waals surface area (Å²) in [6.45, 7) is 0.873. The molecule has 0 unspecified atom stereocenters. The van der Waals surface area contributed by atoms with Crippen molar-refractivity contribution in [2.24, 2.45) is 5.73 Å². The van der Waals surface area contributed by atoms with Gasteiger partial charge in [0, 0.05) is 25.9 Å². The van der Waals surface area contributed by atoms with Crippen molar-refractivity contribution in [1.29, 1.82) is 0 Å². The molecule has 0 aliphatic carbocycles. The van der Waals surface area contributed by atoms with Gasteiger partial charge in [0.1, 0.15) is 17.8 Å². The second-order valence-corrected chi connectivity index (χ2v) is 9.56. The van der Waals surface area contributed by atoms with Crippen LogP contribution in [-0.2, 0) is 25.6 Å². The van der Waals surface area contributed by atoms with Crippen molar-refractivity contribution in [3.05, 3.63) is 65.7 Å². The molecule has 2 aromatic rings. The molecule has 0 aromatic heterocycles. The Hall–Kier alpha value is -4.41. The third-order valence-corrected chi connectivity index (χ3v) is 6.41. The van der Waals surface area contributed by atoms with Gasteiger partial charge in [-0.15, -0.1) is 0 Å². The molecule has 0 spiro atoms. The van der Waals surface area contributed by atoms with Gasteiger partial charge >= 0.3 is 0 Å². The van der Waals surface area contributed by atoms with E-state index in [-0.39, 0.29) is 44.4 Å². The van der Waals surface area contributed by atoms with Crippen molar-refractivity contribution in [3.8, 4) is 5.75 Å². The van der Waals surface area contributed by atoms with E-state index in [9.17, 15) is 24.0 Å². The number of carbonyl (C=O) groups excluding carboxylic acids is 5. The Morgan fingerprint density at radius 2 is 1.75 bits per heavy atom. The van der Waals surface area contributed by atoms with E-state index in [0.717, 1.165) is 12.0 Å². The van der Waals surface area contributed by atoms with Gasteiger partial charge in [0.05, 0.1) is 12.2 Å². The summed E-state index contributed by atoms with van der Waals surface area (Å²) in [7, 11) is 0. The van der Waals surface area contributed by atoms with Crippen LogP contribution in [-0.4, -0.2) is 61.3 Å². The van der Waals surface area contributed by atoms with Crippen LogP contribution in [0.3, 0.4) is 0 Å². The summed E-state index contributed by atoms with van der Waals surface area (Å²) in [6, 6.07) is 14.6. The molecular formula is C29H37N5O6. The Morgan fingerprint density at radius 3 is 2.52 bits per heavy atom. The Bertz CT molecular complexity index is 1170. The largest absolute Gasteiger partial charge is 0.493 e. The van der Waals surface area contributed by atoms with Gasteiger partial charge in [-0.05, 0) is 49.8 Å². The summed E-state index contributed by atoms with van der Waals surface area (Å²) < 4.78 is 5.79. The van der Waals surface area contributed by atoms with Gasteiger partial charge < -0.3 is 31.7 Å². The van der Waals surface area contributed by atoms with E-state index < -0.39 is 41.6 Å². The highest BCUT2D eigenvalue weighted by molar-refractivity contribution is 5.99. The van der Waals surface area contributed by atoms with Crippen LogP contribution in [0.2, 0.25) is 0 Å². The van der Waals surface area contributed by atoms with Gasteiger partial charge in [-0.2, -0.15) is 0 Å². The molecule has 0 saturated heterocycles. The molecule has 11 nitrogen and oxygen atoms in total. The number of benzene rings is 2. The molecule has 11 heteroatoms. The number of nitrogens with two attached hydrogens (primary N) is 1. The first-order chi connectivity index (χ1) is 19.3. The van der Waals surface area contributed by atoms with Crippen molar-refractivity contribution >= 4 is 29.5 Å². The lowest BCUT2D eigenvalue weighted by atomic mass is 10.1. The van der Waals surface area contributed by atoms with Gasteiger partial charge in [0.2, 0.25) is 23.6 Å². The molecule has 3 rings (SSSR count). The lowest BCUT2D eigenvalue weighted by Gasteiger charge is -2.22. The van der Waals surface area contributed by atoms with Gasteiger partial charge in [-0.1, -0.05) is 42.5 Å². The minimum Gasteiger partial charge on any atom is -0.493 e. The highest BCUT2D eigenvalue weighted by Crippen LogP contribution is 2.19. The maximum Gasteiger partial charge on any atom is 0.255 e. The zero-order chi connectivity index (χ0) is 28.7. The van der Waals surface area contributed by atoms with Crippen LogP contribution in [0.25, 0.3) is 0 Å². The monoisotopic (exact) mass is 551 g/mol. The van der Waals surface area contributed by atoms with Crippen LogP contribution in [0.15, 0.2) is 54.6 Å². The van der Waals surface area contributed by atoms with Crippen molar-refractivity contribution in [2.45, 2.75) is 57.0 Å². The van der Waals surface area contributed by atoms with Crippen LogP contribution < -0.4 is 31.7 Å². The van der Waals surface area contributed by atoms with E-state index in [1.807, 2.05) is 30.3 Å². The number of hydrogen-bond donors (Lipinski definition) is 5. The smallest absolute Gasteiger partial charge is 0.255 e. The van der Waals surface area contributed by atoms with Crippen LogP contribution in [0.1, 0.15) is 54.4 Å². The molecule has 2 atom stereocenters. The number of hydrogen-bond acceptors (Lipinski definition) is 6. The zero-order valence-corrected chi connectivity index (χ0v) is 22.4. The van der Waals surface area contributed by atoms with E-state index in [1.54, 1.807) is 24.3 Å². The highest BCUT2D eigenvalue weighted by Gasteiger charge is 2.26. The van der Waals surface area contributed by atoms with Crippen LogP contribution >= 0.6 is 0 Å². The number of ether oxygens (including phenoxy) is 1. The first kappa shape index (κ1) is 30.1. The van der Waals surface area contributed by atoms with E-state index in [2.05, 4.69) is 21.3 Å². The van der Waals surface area contributed by atoms with Crippen LogP contribution in [0, 0.1) is 0 Å². The number of rotatable bonds is 8. The molecular weight excluding hydrogens is 514 g/mol. The van der Waals surface area contributed by atoms with Crippen molar-refractivity contribution < 1.29 is 28.7 Å². The Labute approximate surface area is 233 Å². The predicted octanol–water partition coefficient (Wildman–Crippen LogP) is 0.963. The zero-order valence-electron chi connectivity index (χ0n) is 22.4. The molecule has 1 heterocycles. The lowest BCUT2D eigenvalue weighted by molar-refractivity contribution is -0.130. The quantitative estimate of drug-likeness (QED) is 0.306. The first-order valence-electron chi connectivity index (χ1n) is 13.5. The molecule has 0 bridgehead atoms. The fraction of sp³-hybridized carbons (Fsp3) is 0.414. The van der Waals surface area contributed by atoms with E-state index in [0.29, 0.717) is 25.1 Å². The lowest BCUT2D eigenvalue weighted by Crippen LogP contribution is -2.49. The van der Waals surface area contributed by atoms with Gasteiger partial charge in [-0.25, -0.2) is 0 Å². The second-order valence-electron chi connectivity index (χ2n) is 9.56. The fourth-order valence-corrected chi connectivity index (χ4v) is 4.24. The Morgan fingerprint density at radius 1 is 1.00 bits per heavy atom. The number of amides is 5. The maximum absolute atomic E-state index is 13.2. The molecule has 0 saturated carbocycles. The average Bonchev–Trinajstić information content (AvgIpc) is 2.95. The SMILES string of the molecule is NC(=O)CC[C@@H]1NC(=O)CC[C@@H](C(=O)NCCCc2ccccc2)NC(=O)c2ccccc2OCCCNC1=O. The van der Waals surface area contributed by atoms with E-state index >= 15 is 0 Å². The van der Waals surface area contributed by atoms with Crippen molar-refractivity contribution in [2.75, 3.05) is 19.7 Å². The van der Waals surface area contributed by atoms with E-state index in [4.69, 9.17) is 10.5 Å². The van der Waals surface area contributed by atoms with Crippen molar-refractivity contribution in [1.82, 2.24) is 21.3 Å². The molecule has 1 aliphatic heterocycles. The van der Waals surface area contributed by atoms with Gasteiger partial charge in [-0.3, -0.25) is 24.0 Å². The summed E-state index contributed by atoms with van der Waals surface area (Å²) in [5.41, 5.74) is 6.64. The normalized spacial score (nSPS) is 18.8. The number of carbonyl (C=O) groups is 5. The highest BCUT2D eigenvalue weighted by atomic mass is 16.5. The average molecular weight is 552 g/mol. The molecule has 2 aromatic carbocycles. The summed E-state index contributed by atoms with van der Waals surface area (Å²) in [4.78, 5) is 63.0. The van der Waals surface area contributed by atoms with Crippen LogP contribution in [0.5, 0.6) is 5.75 Å².